The van der Waals surface area contributed by atoms with Crippen LogP contribution in [0.4, 0.5) is 5.69 Å². The molecule has 0 bridgehead atoms. The van der Waals surface area contributed by atoms with Crippen LogP contribution in [0, 0.1) is 5.92 Å². The summed E-state index contributed by atoms with van der Waals surface area (Å²) in [6.45, 7) is 4.83. The predicted molar refractivity (Wildman–Crippen MR) is 76.0 cm³/mol. The van der Waals surface area contributed by atoms with Gasteiger partial charge in [0.05, 0.1) is 0 Å². The first-order valence-electron chi connectivity index (χ1n) is 6.79. The predicted octanol–water partition coefficient (Wildman–Crippen LogP) is 3.10. The fraction of sp³-hybridized carbons (Fsp3) is 0.533. The lowest BCUT2D eigenvalue weighted by Gasteiger charge is -2.15. The van der Waals surface area contributed by atoms with Crippen molar-refractivity contribution in [2.75, 3.05) is 5.73 Å². The zero-order valence-corrected chi connectivity index (χ0v) is 11.4. The van der Waals surface area contributed by atoms with Crippen LogP contribution < -0.4 is 11.1 Å². The Hall–Kier alpha value is -1.51. The van der Waals surface area contributed by atoms with Crippen LogP contribution in [-0.4, -0.2) is 5.91 Å². The van der Waals surface area contributed by atoms with Crippen LogP contribution in [0.2, 0.25) is 0 Å². The average molecular weight is 248 g/mol. The molecule has 0 unspecified atom stereocenters. The van der Waals surface area contributed by atoms with E-state index in [1.165, 1.54) is 0 Å². The highest BCUT2D eigenvalue weighted by Crippen LogP contribution is 2.14. The van der Waals surface area contributed by atoms with Crippen molar-refractivity contribution < 1.29 is 4.79 Å². The van der Waals surface area contributed by atoms with Crippen molar-refractivity contribution in [1.29, 1.82) is 0 Å². The van der Waals surface area contributed by atoms with Crippen LogP contribution in [-0.2, 0) is 11.3 Å². The Bertz CT molecular complexity index is 353. The minimum absolute atomic E-state index is 0.161. The number of nitrogens with two attached hydrogens (primary N) is 1. The van der Waals surface area contributed by atoms with Crippen molar-refractivity contribution in [3.05, 3.63) is 29.8 Å². The average Bonchev–Trinajstić information content (AvgIpc) is 2.37. The number of carbonyl (C=O) groups excluding carboxylic acids is 1. The fourth-order valence-electron chi connectivity index (χ4n) is 2.07. The zero-order valence-electron chi connectivity index (χ0n) is 11.4. The molecule has 0 aromatic heterocycles. The van der Waals surface area contributed by atoms with E-state index < -0.39 is 0 Å². The number of hydrogen-bond donors (Lipinski definition) is 2. The second-order valence-electron chi connectivity index (χ2n) is 4.73. The second-order valence-corrected chi connectivity index (χ2v) is 4.73. The van der Waals surface area contributed by atoms with Gasteiger partial charge in [0.2, 0.25) is 5.91 Å². The molecule has 0 aliphatic rings. The maximum atomic E-state index is 12.0. The molecule has 0 atom stereocenters. The molecule has 0 saturated heterocycles. The van der Waals surface area contributed by atoms with Crippen molar-refractivity contribution in [2.45, 2.75) is 46.1 Å². The highest BCUT2D eigenvalue weighted by atomic mass is 16.1. The van der Waals surface area contributed by atoms with Gasteiger partial charge in [-0.3, -0.25) is 4.79 Å². The van der Waals surface area contributed by atoms with Gasteiger partial charge in [0.1, 0.15) is 0 Å². The minimum Gasteiger partial charge on any atom is -0.399 e. The maximum Gasteiger partial charge on any atom is 0.223 e. The summed E-state index contributed by atoms with van der Waals surface area (Å²) < 4.78 is 0. The van der Waals surface area contributed by atoms with Gasteiger partial charge in [-0.25, -0.2) is 0 Å². The lowest BCUT2D eigenvalue weighted by Crippen LogP contribution is -2.30. The smallest absolute Gasteiger partial charge is 0.223 e. The molecule has 0 saturated carbocycles. The van der Waals surface area contributed by atoms with E-state index in [-0.39, 0.29) is 11.8 Å². The van der Waals surface area contributed by atoms with Crippen LogP contribution in [0.15, 0.2) is 24.3 Å². The number of rotatable bonds is 7. The van der Waals surface area contributed by atoms with E-state index >= 15 is 0 Å². The molecule has 1 aromatic rings. The summed E-state index contributed by atoms with van der Waals surface area (Å²) >= 11 is 0. The lowest BCUT2D eigenvalue weighted by molar-refractivity contribution is -0.125. The minimum atomic E-state index is 0.161. The molecule has 0 aliphatic carbocycles. The standard InChI is InChI=1S/C15H24N2O/c1-3-5-13(6-4-2)15(18)17-11-12-7-9-14(16)10-8-12/h7-10,13H,3-6,11,16H2,1-2H3,(H,17,18). The number of amides is 1. The highest BCUT2D eigenvalue weighted by molar-refractivity contribution is 5.78. The van der Waals surface area contributed by atoms with Gasteiger partial charge in [0.15, 0.2) is 0 Å². The van der Waals surface area contributed by atoms with E-state index in [9.17, 15) is 4.79 Å². The molecule has 1 aromatic carbocycles. The molecule has 3 nitrogen and oxygen atoms in total. The summed E-state index contributed by atoms with van der Waals surface area (Å²) in [6.07, 6.45) is 4.06. The van der Waals surface area contributed by atoms with E-state index in [0.29, 0.717) is 6.54 Å². The molecule has 3 N–H and O–H groups in total. The van der Waals surface area contributed by atoms with E-state index in [2.05, 4.69) is 19.2 Å². The van der Waals surface area contributed by atoms with Crippen molar-refractivity contribution in [2.24, 2.45) is 5.92 Å². The van der Waals surface area contributed by atoms with E-state index in [1.54, 1.807) is 0 Å². The Morgan fingerprint density at radius 3 is 2.22 bits per heavy atom. The number of carbonyl (C=O) groups is 1. The number of anilines is 1. The highest BCUT2D eigenvalue weighted by Gasteiger charge is 2.15. The van der Waals surface area contributed by atoms with E-state index in [4.69, 9.17) is 5.73 Å². The topological polar surface area (TPSA) is 55.1 Å². The Labute approximate surface area is 110 Å². The van der Waals surface area contributed by atoms with Gasteiger partial charge in [-0.15, -0.1) is 0 Å². The molecule has 100 valence electrons. The monoisotopic (exact) mass is 248 g/mol. The van der Waals surface area contributed by atoms with Crippen LogP contribution in [0.5, 0.6) is 0 Å². The molecule has 0 fully saturated rings. The van der Waals surface area contributed by atoms with Crippen LogP contribution in [0.1, 0.15) is 45.1 Å². The molecule has 1 rings (SSSR count). The summed E-state index contributed by atoms with van der Waals surface area (Å²) in [7, 11) is 0. The summed E-state index contributed by atoms with van der Waals surface area (Å²) in [5.41, 5.74) is 7.46. The number of nitrogens with one attached hydrogen (secondary N) is 1. The first-order chi connectivity index (χ1) is 8.67. The first kappa shape index (κ1) is 14.6. The third kappa shape index (κ3) is 4.78. The number of hydrogen-bond acceptors (Lipinski definition) is 2. The van der Waals surface area contributed by atoms with E-state index in [1.807, 2.05) is 24.3 Å². The van der Waals surface area contributed by atoms with Crippen molar-refractivity contribution >= 4 is 11.6 Å². The molecule has 1 amide bonds. The first-order valence-corrected chi connectivity index (χ1v) is 6.79. The normalized spacial score (nSPS) is 10.6. The summed E-state index contributed by atoms with van der Waals surface area (Å²) in [5.74, 6) is 0.337. The van der Waals surface area contributed by atoms with Crippen molar-refractivity contribution in [3.63, 3.8) is 0 Å². The van der Waals surface area contributed by atoms with E-state index in [0.717, 1.165) is 36.9 Å². The molecule has 3 heteroatoms. The molecule has 18 heavy (non-hydrogen) atoms. The molecular formula is C15H24N2O. The Morgan fingerprint density at radius 2 is 1.72 bits per heavy atom. The molecule has 0 radical (unpaired) electrons. The summed E-state index contributed by atoms with van der Waals surface area (Å²) in [5, 5.41) is 3.01. The van der Waals surface area contributed by atoms with Crippen molar-refractivity contribution in [3.8, 4) is 0 Å². The van der Waals surface area contributed by atoms with Crippen molar-refractivity contribution in [1.82, 2.24) is 5.32 Å². The Morgan fingerprint density at radius 1 is 1.17 bits per heavy atom. The molecule has 0 heterocycles. The molecule has 0 aliphatic heterocycles. The Kier molecular flexibility index (Phi) is 6.26. The van der Waals surface area contributed by atoms with Gasteiger partial charge in [-0.1, -0.05) is 38.8 Å². The SMILES string of the molecule is CCCC(CCC)C(=O)NCc1ccc(N)cc1. The van der Waals surface area contributed by atoms with Crippen LogP contribution in [0.25, 0.3) is 0 Å². The van der Waals surface area contributed by atoms with Crippen LogP contribution in [0.3, 0.4) is 0 Å². The molecule has 0 spiro atoms. The lowest BCUT2D eigenvalue weighted by atomic mass is 9.97. The van der Waals surface area contributed by atoms with Gasteiger partial charge in [-0.2, -0.15) is 0 Å². The van der Waals surface area contributed by atoms with Gasteiger partial charge in [0, 0.05) is 18.2 Å². The summed E-state index contributed by atoms with van der Waals surface area (Å²) in [6, 6.07) is 7.61. The zero-order chi connectivity index (χ0) is 13.4. The third-order valence-corrected chi connectivity index (χ3v) is 3.09. The van der Waals surface area contributed by atoms with Gasteiger partial charge >= 0.3 is 0 Å². The third-order valence-electron chi connectivity index (χ3n) is 3.09. The molecular weight excluding hydrogens is 224 g/mol. The number of nitrogen functional groups attached to an aromatic ring is 1. The maximum absolute atomic E-state index is 12.0. The second kappa shape index (κ2) is 7.75. The summed E-state index contributed by atoms with van der Waals surface area (Å²) in [4.78, 5) is 12.0. The van der Waals surface area contributed by atoms with Gasteiger partial charge in [0.25, 0.3) is 0 Å². The quantitative estimate of drug-likeness (QED) is 0.728. The van der Waals surface area contributed by atoms with Crippen LogP contribution >= 0.6 is 0 Å². The van der Waals surface area contributed by atoms with Gasteiger partial charge < -0.3 is 11.1 Å². The fourth-order valence-corrected chi connectivity index (χ4v) is 2.07. The Balaban J connectivity index is 2.45. The number of benzene rings is 1. The van der Waals surface area contributed by atoms with Gasteiger partial charge in [-0.05, 0) is 30.5 Å². The largest absolute Gasteiger partial charge is 0.399 e.